The van der Waals surface area contributed by atoms with Gasteiger partial charge in [-0.25, -0.2) is 13.8 Å². The second kappa shape index (κ2) is 8.30. The van der Waals surface area contributed by atoms with E-state index in [1.165, 1.54) is 18.2 Å². The maximum atomic E-state index is 13.9. The van der Waals surface area contributed by atoms with Crippen molar-refractivity contribution < 1.29 is 8.78 Å². The molecular weight excluding hydrogens is 394 g/mol. The number of hydrogen-bond acceptors (Lipinski definition) is 5. The van der Waals surface area contributed by atoms with Gasteiger partial charge >= 0.3 is 0 Å². The highest BCUT2D eigenvalue weighted by Gasteiger charge is 2.25. The first kappa shape index (κ1) is 20.1. The third kappa shape index (κ3) is 4.10. The first-order valence-corrected chi connectivity index (χ1v) is 10.6. The van der Waals surface area contributed by atoms with Crippen molar-refractivity contribution in [2.75, 3.05) is 20.6 Å². The summed E-state index contributed by atoms with van der Waals surface area (Å²) in [6, 6.07) is 4.04. The number of fused-ring (bicyclic) bond motifs is 3. The molecule has 1 atom stereocenters. The average Bonchev–Trinajstić information content (AvgIpc) is 3.05. The molecule has 0 saturated heterocycles. The first-order valence-electron chi connectivity index (χ1n) is 9.74. The summed E-state index contributed by atoms with van der Waals surface area (Å²) in [5.74, 6) is -1.06. The minimum absolute atomic E-state index is 0.0224. The van der Waals surface area contributed by atoms with E-state index in [1.807, 2.05) is 19.0 Å². The molecule has 2 heterocycles. The Morgan fingerprint density at radius 3 is 2.79 bits per heavy atom. The Morgan fingerprint density at radius 1 is 1.31 bits per heavy atom. The van der Waals surface area contributed by atoms with E-state index in [0.29, 0.717) is 6.54 Å². The van der Waals surface area contributed by atoms with Crippen molar-refractivity contribution in [3.8, 4) is 0 Å². The van der Waals surface area contributed by atoms with Crippen LogP contribution in [0.2, 0.25) is 0 Å². The van der Waals surface area contributed by atoms with Gasteiger partial charge in [-0.1, -0.05) is 6.07 Å². The average molecular weight is 419 g/mol. The van der Waals surface area contributed by atoms with E-state index in [4.69, 9.17) is 0 Å². The molecule has 4 rings (SSSR count). The zero-order chi connectivity index (χ0) is 20.5. The van der Waals surface area contributed by atoms with Crippen LogP contribution in [-0.2, 0) is 25.9 Å². The zero-order valence-electron chi connectivity index (χ0n) is 16.5. The predicted octanol–water partition coefficient (Wildman–Crippen LogP) is 2.94. The van der Waals surface area contributed by atoms with Gasteiger partial charge in [-0.15, -0.1) is 11.3 Å². The highest BCUT2D eigenvalue weighted by atomic mass is 32.1. The molecule has 0 aliphatic heterocycles. The normalized spacial score (nSPS) is 16.5. The van der Waals surface area contributed by atoms with Gasteiger partial charge in [0.25, 0.3) is 5.56 Å². The van der Waals surface area contributed by atoms with Crippen molar-refractivity contribution in [2.45, 2.75) is 38.4 Å². The SMILES string of the molecule is CN(C)CCn1cnc2sc3c(c2c1=O)CCC(NCc1c(F)cccc1F)C3. The Morgan fingerprint density at radius 2 is 2.07 bits per heavy atom. The Balaban J connectivity index is 1.52. The van der Waals surface area contributed by atoms with Gasteiger partial charge in [0, 0.05) is 36.1 Å². The van der Waals surface area contributed by atoms with Crippen molar-refractivity contribution in [1.29, 1.82) is 0 Å². The molecule has 1 unspecified atom stereocenters. The largest absolute Gasteiger partial charge is 0.309 e. The predicted molar refractivity (Wildman–Crippen MR) is 111 cm³/mol. The number of likely N-dealkylation sites (N-methyl/N-ethyl adjacent to an activating group) is 1. The van der Waals surface area contributed by atoms with Gasteiger partial charge in [-0.3, -0.25) is 9.36 Å². The van der Waals surface area contributed by atoms with E-state index in [9.17, 15) is 13.6 Å². The Bertz CT molecular complexity index is 1070. The number of aromatic nitrogens is 2. The van der Waals surface area contributed by atoms with Gasteiger partial charge in [0.05, 0.1) is 11.7 Å². The highest BCUT2D eigenvalue weighted by Crippen LogP contribution is 2.33. The molecule has 1 aliphatic rings. The molecule has 0 radical (unpaired) electrons. The third-order valence-electron chi connectivity index (χ3n) is 5.45. The summed E-state index contributed by atoms with van der Waals surface area (Å²) in [5.41, 5.74) is 1.19. The van der Waals surface area contributed by atoms with Gasteiger partial charge < -0.3 is 10.2 Å². The maximum Gasteiger partial charge on any atom is 0.262 e. The number of halogens is 2. The summed E-state index contributed by atoms with van der Waals surface area (Å²) in [6.07, 6.45) is 3.96. The second-order valence-corrected chi connectivity index (χ2v) is 8.83. The lowest BCUT2D eigenvalue weighted by molar-refractivity contribution is 0.380. The van der Waals surface area contributed by atoms with Crippen molar-refractivity contribution in [1.82, 2.24) is 19.8 Å². The summed E-state index contributed by atoms with van der Waals surface area (Å²) < 4.78 is 29.4. The number of nitrogens with one attached hydrogen (secondary N) is 1. The summed E-state index contributed by atoms with van der Waals surface area (Å²) in [7, 11) is 3.95. The third-order valence-corrected chi connectivity index (χ3v) is 6.62. The molecule has 29 heavy (non-hydrogen) atoms. The van der Waals surface area contributed by atoms with Crippen LogP contribution in [0.1, 0.15) is 22.4 Å². The van der Waals surface area contributed by atoms with E-state index in [1.54, 1.807) is 22.2 Å². The molecule has 1 aromatic carbocycles. The number of hydrogen-bond donors (Lipinski definition) is 1. The van der Waals surface area contributed by atoms with Gasteiger partial charge in [-0.05, 0) is 51.1 Å². The number of rotatable bonds is 6. The fourth-order valence-corrected chi connectivity index (χ4v) is 5.05. The fourth-order valence-electron chi connectivity index (χ4n) is 3.79. The van der Waals surface area contributed by atoms with Crippen LogP contribution >= 0.6 is 11.3 Å². The summed E-state index contributed by atoms with van der Waals surface area (Å²) in [5, 5.41) is 4.02. The smallest absolute Gasteiger partial charge is 0.262 e. The lowest BCUT2D eigenvalue weighted by Crippen LogP contribution is -2.34. The van der Waals surface area contributed by atoms with E-state index in [2.05, 4.69) is 10.3 Å². The quantitative estimate of drug-likeness (QED) is 0.669. The molecule has 1 N–H and O–H groups in total. The van der Waals surface area contributed by atoms with Crippen LogP contribution in [0.3, 0.4) is 0 Å². The van der Waals surface area contributed by atoms with Crippen LogP contribution in [-0.4, -0.2) is 41.1 Å². The van der Waals surface area contributed by atoms with Crippen LogP contribution in [0.25, 0.3) is 10.2 Å². The highest BCUT2D eigenvalue weighted by molar-refractivity contribution is 7.18. The molecule has 0 fully saturated rings. The topological polar surface area (TPSA) is 50.2 Å². The van der Waals surface area contributed by atoms with E-state index in [0.717, 1.165) is 46.5 Å². The van der Waals surface area contributed by atoms with Crippen molar-refractivity contribution in [3.05, 3.63) is 62.5 Å². The Labute approximate surface area is 172 Å². The molecule has 5 nitrogen and oxygen atoms in total. The molecule has 154 valence electrons. The Kier molecular flexibility index (Phi) is 5.76. The number of benzene rings is 1. The molecule has 2 aromatic heterocycles. The first-order chi connectivity index (χ1) is 13.9. The number of aryl methyl sites for hydroxylation is 1. The molecule has 0 spiro atoms. The second-order valence-electron chi connectivity index (χ2n) is 7.75. The lowest BCUT2D eigenvalue weighted by Gasteiger charge is -2.23. The van der Waals surface area contributed by atoms with Crippen LogP contribution in [0.4, 0.5) is 8.78 Å². The van der Waals surface area contributed by atoms with Crippen molar-refractivity contribution in [2.24, 2.45) is 0 Å². The maximum absolute atomic E-state index is 13.9. The molecule has 0 bridgehead atoms. The van der Waals surface area contributed by atoms with Gasteiger partial charge in [-0.2, -0.15) is 0 Å². The van der Waals surface area contributed by atoms with E-state index in [-0.39, 0.29) is 23.7 Å². The van der Waals surface area contributed by atoms with Gasteiger partial charge in [0.2, 0.25) is 0 Å². The van der Waals surface area contributed by atoms with Gasteiger partial charge in [0.15, 0.2) is 0 Å². The molecule has 0 saturated carbocycles. The molecule has 1 aliphatic carbocycles. The summed E-state index contributed by atoms with van der Waals surface area (Å²) >= 11 is 1.56. The minimum Gasteiger partial charge on any atom is -0.309 e. The fraction of sp³-hybridized carbons (Fsp3) is 0.429. The lowest BCUT2D eigenvalue weighted by atomic mass is 9.93. The van der Waals surface area contributed by atoms with Crippen LogP contribution in [0.15, 0.2) is 29.3 Å². The summed E-state index contributed by atoms with van der Waals surface area (Å²) in [4.78, 5) is 21.4. The number of thiophene rings is 1. The van der Waals surface area contributed by atoms with Crippen LogP contribution in [0, 0.1) is 11.6 Å². The van der Waals surface area contributed by atoms with E-state index < -0.39 is 11.6 Å². The monoisotopic (exact) mass is 418 g/mol. The molecule has 8 heteroatoms. The van der Waals surface area contributed by atoms with Crippen molar-refractivity contribution >= 4 is 21.6 Å². The van der Waals surface area contributed by atoms with Crippen LogP contribution in [0.5, 0.6) is 0 Å². The summed E-state index contributed by atoms with van der Waals surface area (Å²) in [6.45, 7) is 1.54. The molecule has 0 amide bonds. The standard InChI is InChI=1S/C21H24F2N4OS/c1-26(2)8-9-27-12-25-20-19(21(27)28)14-7-6-13(10-18(14)29-20)24-11-15-16(22)4-3-5-17(15)23/h3-5,12-13,24H,6-11H2,1-2H3. The number of nitrogens with zero attached hydrogens (tertiary/aromatic N) is 3. The van der Waals surface area contributed by atoms with E-state index >= 15 is 0 Å². The zero-order valence-corrected chi connectivity index (χ0v) is 17.4. The van der Waals surface area contributed by atoms with Crippen LogP contribution < -0.4 is 10.9 Å². The van der Waals surface area contributed by atoms with Gasteiger partial charge in [0.1, 0.15) is 16.5 Å². The van der Waals surface area contributed by atoms with Crippen molar-refractivity contribution in [3.63, 3.8) is 0 Å². The Hall–Kier alpha value is -2.16. The minimum atomic E-state index is -0.529. The molecular formula is C21H24F2N4OS. The molecule has 3 aromatic rings.